The number of para-hydroxylation sites is 1. The van der Waals surface area contributed by atoms with Crippen LogP contribution in [0, 0.1) is 0 Å². The SMILES string of the molecule is c1ccc2c(c1)COC(c1ccc3c(c1)OCCNC3)CN2. The fraction of sp³-hybridized carbons (Fsp3) is 0.333. The summed E-state index contributed by atoms with van der Waals surface area (Å²) in [6, 6.07) is 14.7. The van der Waals surface area contributed by atoms with Crippen molar-refractivity contribution in [3.8, 4) is 5.75 Å². The highest BCUT2D eigenvalue weighted by Crippen LogP contribution is 2.30. The van der Waals surface area contributed by atoms with Gasteiger partial charge in [0.15, 0.2) is 0 Å². The molecule has 2 aliphatic heterocycles. The fourth-order valence-corrected chi connectivity index (χ4v) is 2.99. The molecule has 114 valence electrons. The molecule has 4 rings (SSSR count). The van der Waals surface area contributed by atoms with E-state index in [4.69, 9.17) is 9.47 Å². The van der Waals surface area contributed by atoms with Crippen molar-refractivity contribution >= 4 is 5.69 Å². The maximum atomic E-state index is 6.10. The topological polar surface area (TPSA) is 42.5 Å². The molecule has 0 bridgehead atoms. The predicted molar refractivity (Wildman–Crippen MR) is 86.1 cm³/mol. The lowest BCUT2D eigenvalue weighted by Gasteiger charge is -2.17. The van der Waals surface area contributed by atoms with Crippen molar-refractivity contribution in [2.24, 2.45) is 0 Å². The molecule has 1 atom stereocenters. The first kappa shape index (κ1) is 13.6. The van der Waals surface area contributed by atoms with Gasteiger partial charge < -0.3 is 20.1 Å². The molecular weight excluding hydrogens is 276 g/mol. The quantitative estimate of drug-likeness (QED) is 0.849. The summed E-state index contributed by atoms with van der Waals surface area (Å²) in [4.78, 5) is 0. The van der Waals surface area contributed by atoms with E-state index < -0.39 is 0 Å². The standard InChI is InChI=1S/C18H20N2O2/c1-2-4-16-15(3-1)12-22-18(11-20-16)13-5-6-14-10-19-7-8-21-17(14)9-13/h1-6,9,18-20H,7-8,10-12H2. The van der Waals surface area contributed by atoms with Crippen LogP contribution in [0.1, 0.15) is 22.8 Å². The molecule has 0 saturated carbocycles. The number of ether oxygens (including phenoxy) is 2. The Kier molecular flexibility index (Phi) is 3.70. The zero-order valence-electron chi connectivity index (χ0n) is 12.5. The first-order valence-electron chi connectivity index (χ1n) is 7.80. The summed E-state index contributed by atoms with van der Waals surface area (Å²) in [6.45, 7) is 3.87. The molecule has 2 N–H and O–H groups in total. The number of fused-ring (bicyclic) bond motifs is 2. The van der Waals surface area contributed by atoms with E-state index in [0.29, 0.717) is 13.2 Å². The average molecular weight is 296 g/mol. The Labute approximate surface area is 130 Å². The van der Waals surface area contributed by atoms with E-state index in [0.717, 1.165) is 25.4 Å². The van der Waals surface area contributed by atoms with Crippen molar-refractivity contribution < 1.29 is 9.47 Å². The summed E-state index contributed by atoms with van der Waals surface area (Å²) in [6.07, 6.45) is 0.0394. The van der Waals surface area contributed by atoms with E-state index in [1.54, 1.807) is 0 Å². The van der Waals surface area contributed by atoms with Crippen LogP contribution in [0.2, 0.25) is 0 Å². The summed E-state index contributed by atoms with van der Waals surface area (Å²) < 4.78 is 11.9. The molecule has 0 amide bonds. The normalized spacial score (nSPS) is 20.6. The van der Waals surface area contributed by atoms with Crippen LogP contribution in [-0.4, -0.2) is 19.7 Å². The molecular formula is C18H20N2O2. The van der Waals surface area contributed by atoms with Gasteiger partial charge in [-0.1, -0.05) is 30.3 Å². The second-order valence-corrected chi connectivity index (χ2v) is 5.73. The number of hydrogen-bond acceptors (Lipinski definition) is 4. The van der Waals surface area contributed by atoms with E-state index in [2.05, 4.69) is 47.0 Å². The molecule has 2 heterocycles. The largest absolute Gasteiger partial charge is 0.492 e. The second-order valence-electron chi connectivity index (χ2n) is 5.73. The van der Waals surface area contributed by atoms with Crippen LogP contribution in [-0.2, 0) is 17.9 Å². The smallest absolute Gasteiger partial charge is 0.124 e. The van der Waals surface area contributed by atoms with E-state index in [1.807, 2.05) is 6.07 Å². The third-order valence-electron chi connectivity index (χ3n) is 4.25. The summed E-state index contributed by atoms with van der Waals surface area (Å²) in [7, 11) is 0. The molecule has 0 aromatic heterocycles. The summed E-state index contributed by atoms with van der Waals surface area (Å²) in [5, 5.41) is 6.84. The van der Waals surface area contributed by atoms with Crippen molar-refractivity contribution in [1.82, 2.24) is 5.32 Å². The Balaban J connectivity index is 1.57. The van der Waals surface area contributed by atoms with Gasteiger partial charge in [0.25, 0.3) is 0 Å². The van der Waals surface area contributed by atoms with Crippen molar-refractivity contribution in [1.29, 1.82) is 0 Å². The molecule has 2 aromatic carbocycles. The van der Waals surface area contributed by atoms with E-state index in [1.165, 1.54) is 22.4 Å². The summed E-state index contributed by atoms with van der Waals surface area (Å²) >= 11 is 0. The molecule has 0 aliphatic carbocycles. The highest BCUT2D eigenvalue weighted by Gasteiger charge is 2.19. The number of anilines is 1. The molecule has 22 heavy (non-hydrogen) atoms. The summed E-state index contributed by atoms with van der Waals surface area (Å²) in [5.41, 5.74) is 4.76. The van der Waals surface area contributed by atoms with Gasteiger partial charge >= 0.3 is 0 Å². The van der Waals surface area contributed by atoms with Crippen LogP contribution in [0.4, 0.5) is 5.69 Å². The monoisotopic (exact) mass is 296 g/mol. The number of rotatable bonds is 1. The van der Waals surface area contributed by atoms with Gasteiger partial charge in [-0.25, -0.2) is 0 Å². The Hall–Kier alpha value is -2.04. The predicted octanol–water partition coefficient (Wildman–Crippen LogP) is 2.85. The fourth-order valence-electron chi connectivity index (χ4n) is 2.99. The Morgan fingerprint density at radius 1 is 1.05 bits per heavy atom. The van der Waals surface area contributed by atoms with Crippen LogP contribution in [0.3, 0.4) is 0 Å². The Bertz CT molecular complexity index is 645. The van der Waals surface area contributed by atoms with Crippen LogP contribution in [0.15, 0.2) is 42.5 Å². The van der Waals surface area contributed by atoms with Crippen LogP contribution < -0.4 is 15.4 Å². The van der Waals surface area contributed by atoms with E-state index >= 15 is 0 Å². The minimum absolute atomic E-state index is 0.0394. The van der Waals surface area contributed by atoms with Gasteiger partial charge in [-0.3, -0.25) is 0 Å². The molecule has 2 aliphatic rings. The van der Waals surface area contributed by atoms with E-state index in [9.17, 15) is 0 Å². The number of nitrogens with one attached hydrogen (secondary N) is 2. The van der Waals surface area contributed by atoms with Gasteiger partial charge in [0.2, 0.25) is 0 Å². The first-order chi connectivity index (χ1) is 10.9. The average Bonchev–Trinajstić information content (AvgIpc) is 2.92. The molecule has 0 radical (unpaired) electrons. The highest BCUT2D eigenvalue weighted by molar-refractivity contribution is 5.52. The van der Waals surface area contributed by atoms with Gasteiger partial charge in [-0.2, -0.15) is 0 Å². The van der Waals surface area contributed by atoms with Crippen molar-refractivity contribution in [2.45, 2.75) is 19.3 Å². The molecule has 2 aromatic rings. The summed E-state index contributed by atoms with van der Waals surface area (Å²) in [5.74, 6) is 0.980. The van der Waals surface area contributed by atoms with Crippen LogP contribution in [0.25, 0.3) is 0 Å². The lowest BCUT2D eigenvalue weighted by atomic mass is 10.1. The minimum atomic E-state index is 0.0394. The lowest BCUT2D eigenvalue weighted by molar-refractivity contribution is 0.0522. The molecule has 1 unspecified atom stereocenters. The highest BCUT2D eigenvalue weighted by atomic mass is 16.5. The Morgan fingerprint density at radius 2 is 2.00 bits per heavy atom. The Morgan fingerprint density at radius 3 is 3.00 bits per heavy atom. The van der Waals surface area contributed by atoms with Crippen molar-refractivity contribution in [3.63, 3.8) is 0 Å². The molecule has 0 fully saturated rings. The second kappa shape index (κ2) is 5.99. The van der Waals surface area contributed by atoms with Crippen LogP contribution >= 0.6 is 0 Å². The van der Waals surface area contributed by atoms with Crippen molar-refractivity contribution in [3.05, 3.63) is 59.2 Å². The maximum Gasteiger partial charge on any atom is 0.124 e. The zero-order chi connectivity index (χ0) is 14.8. The van der Waals surface area contributed by atoms with Crippen molar-refractivity contribution in [2.75, 3.05) is 25.0 Å². The van der Waals surface area contributed by atoms with Crippen LogP contribution in [0.5, 0.6) is 5.75 Å². The lowest BCUT2D eigenvalue weighted by Crippen LogP contribution is -2.16. The van der Waals surface area contributed by atoms with Gasteiger partial charge in [-0.15, -0.1) is 0 Å². The molecule has 4 heteroatoms. The molecule has 0 spiro atoms. The molecule has 0 saturated heterocycles. The third kappa shape index (κ3) is 2.67. The third-order valence-corrected chi connectivity index (χ3v) is 4.25. The number of benzene rings is 2. The maximum absolute atomic E-state index is 6.10. The van der Waals surface area contributed by atoms with Gasteiger partial charge in [-0.05, 0) is 17.7 Å². The van der Waals surface area contributed by atoms with E-state index in [-0.39, 0.29) is 6.10 Å². The number of hydrogen-bond donors (Lipinski definition) is 2. The molecule has 4 nitrogen and oxygen atoms in total. The zero-order valence-corrected chi connectivity index (χ0v) is 12.5. The van der Waals surface area contributed by atoms with Gasteiger partial charge in [0.1, 0.15) is 18.5 Å². The first-order valence-corrected chi connectivity index (χ1v) is 7.80. The van der Waals surface area contributed by atoms with Gasteiger partial charge in [0, 0.05) is 36.4 Å². The minimum Gasteiger partial charge on any atom is -0.492 e. The van der Waals surface area contributed by atoms with Gasteiger partial charge in [0.05, 0.1) is 6.61 Å².